The van der Waals surface area contributed by atoms with Crippen LogP contribution in [0.1, 0.15) is 23.1 Å². The van der Waals surface area contributed by atoms with Crippen LogP contribution < -0.4 is 5.73 Å². The second-order valence-electron chi connectivity index (χ2n) is 4.60. The summed E-state index contributed by atoms with van der Waals surface area (Å²) in [5.74, 6) is 0. The van der Waals surface area contributed by atoms with Crippen molar-refractivity contribution in [2.75, 3.05) is 33.7 Å². The van der Waals surface area contributed by atoms with E-state index in [4.69, 9.17) is 5.73 Å². The second kappa shape index (κ2) is 7.82. The van der Waals surface area contributed by atoms with Gasteiger partial charge in [0.25, 0.3) is 0 Å². The minimum absolute atomic E-state index is 0.664. The first kappa shape index (κ1) is 14.6. The summed E-state index contributed by atoms with van der Waals surface area (Å²) in [7, 11) is 4.26. The predicted octanol–water partition coefficient (Wildman–Crippen LogP) is 1.98. The molecule has 17 heavy (non-hydrogen) atoms. The molecule has 0 fully saturated rings. The molecule has 0 aliphatic heterocycles. The maximum atomic E-state index is 5.63. The maximum absolute atomic E-state index is 5.63. The molecule has 1 rings (SSSR count). The highest BCUT2D eigenvalue weighted by molar-refractivity contribution is 7.11. The van der Waals surface area contributed by atoms with E-state index >= 15 is 0 Å². The van der Waals surface area contributed by atoms with Crippen LogP contribution in [0.15, 0.2) is 12.1 Å². The third kappa shape index (κ3) is 5.64. The fourth-order valence-electron chi connectivity index (χ4n) is 1.80. The van der Waals surface area contributed by atoms with Crippen molar-refractivity contribution in [2.45, 2.75) is 26.4 Å². The van der Waals surface area contributed by atoms with Crippen LogP contribution in [0.2, 0.25) is 0 Å². The Labute approximate surface area is 109 Å². The minimum Gasteiger partial charge on any atom is -0.326 e. The van der Waals surface area contributed by atoms with Crippen LogP contribution >= 0.6 is 11.3 Å². The van der Waals surface area contributed by atoms with Gasteiger partial charge in [0.05, 0.1) is 0 Å². The Morgan fingerprint density at radius 3 is 2.41 bits per heavy atom. The van der Waals surface area contributed by atoms with E-state index < -0.39 is 0 Å². The molecule has 0 radical (unpaired) electrons. The summed E-state index contributed by atoms with van der Waals surface area (Å²) >= 11 is 1.84. The van der Waals surface area contributed by atoms with E-state index in [1.165, 1.54) is 22.7 Å². The standard InChI is InChI=1S/C13H25N3S/c1-4-16(9-5-8-15(2)3)11-13-7-6-12(10-14)17-13/h6-7H,4-5,8-11,14H2,1-3H3. The number of rotatable bonds is 8. The normalized spacial score (nSPS) is 11.6. The highest BCUT2D eigenvalue weighted by Gasteiger charge is 2.06. The van der Waals surface area contributed by atoms with Gasteiger partial charge in [-0.05, 0) is 52.3 Å². The Morgan fingerprint density at radius 2 is 1.88 bits per heavy atom. The van der Waals surface area contributed by atoms with Gasteiger partial charge in [-0.15, -0.1) is 11.3 Å². The molecule has 0 bridgehead atoms. The maximum Gasteiger partial charge on any atom is 0.0327 e. The molecule has 0 aliphatic carbocycles. The largest absolute Gasteiger partial charge is 0.326 e. The molecule has 1 aromatic heterocycles. The van der Waals surface area contributed by atoms with Gasteiger partial charge in [-0.2, -0.15) is 0 Å². The number of hydrogen-bond acceptors (Lipinski definition) is 4. The molecule has 1 heterocycles. The quantitative estimate of drug-likeness (QED) is 0.771. The van der Waals surface area contributed by atoms with Gasteiger partial charge in [-0.1, -0.05) is 6.92 Å². The van der Waals surface area contributed by atoms with Gasteiger partial charge in [0.1, 0.15) is 0 Å². The lowest BCUT2D eigenvalue weighted by atomic mass is 10.3. The third-order valence-electron chi connectivity index (χ3n) is 2.82. The van der Waals surface area contributed by atoms with Crippen LogP contribution in [0.4, 0.5) is 0 Å². The molecule has 0 spiro atoms. The van der Waals surface area contributed by atoms with Crippen LogP contribution in [0.3, 0.4) is 0 Å². The molecule has 0 unspecified atom stereocenters. The molecular formula is C13H25N3S. The minimum atomic E-state index is 0.664. The average molecular weight is 255 g/mol. The van der Waals surface area contributed by atoms with E-state index in [0.29, 0.717) is 6.54 Å². The Balaban J connectivity index is 2.35. The van der Waals surface area contributed by atoms with Gasteiger partial charge in [-0.3, -0.25) is 4.90 Å². The number of thiophene rings is 1. The van der Waals surface area contributed by atoms with Crippen LogP contribution in [0.25, 0.3) is 0 Å². The van der Waals surface area contributed by atoms with Crippen molar-refractivity contribution in [1.82, 2.24) is 9.80 Å². The Morgan fingerprint density at radius 1 is 1.18 bits per heavy atom. The van der Waals surface area contributed by atoms with Crippen molar-refractivity contribution in [3.05, 3.63) is 21.9 Å². The molecule has 0 saturated carbocycles. The number of nitrogens with zero attached hydrogens (tertiary/aromatic N) is 2. The number of hydrogen-bond donors (Lipinski definition) is 1. The van der Waals surface area contributed by atoms with E-state index in [-0.39, 0.29) is 0 Å². The zero-order valence-electron chi connectivity index (χ0n) is 11.3. The Kier molecular flexibility index (Phi) is 6.73. The van der Waals surface area contributed by atoms with Crippen molar-refractivity contribution in [3.63, 3.8) is 0 Å². The summed E-state index contributed by atoms with van der Waals surface area (Å²) in [4.78, 5) is 7.45. The van der Waals surface area contributed by atoms with E-state index in [0.717, 1.165) is 19.6 Å². The molecule has 0 aliphatic rings. The zero-order chi connectivity index (χ0) is 12.7. The van der Waals surface area contributed by atoms with Gasteiger partial charge in [0.15, 0.2) is 0 Å². The highest BCUT2D eigenvalue weighted by atomic mass is 32.1. The van der Waals surface area contributed by atoms with E-state index in [2.05, 4.69) is 43.0 Å². The van der Waals surface area contributed by atoms with Crippen LogP contribution in [0.5, 0.6) is 0 Å². The highest BCUT2D eigenvalue weighted by Crippen LogP contribution is 2.17. The Hall–Kier alpha value is -0.420. The monoisotopic (exact) mass is 255 g/mol. The van der Waals surface area contributed by atoms with Gasteiger partial charge in [0, 0.05) is 22.8 Å². The lowest BCUT2D eigenvalue weighted by Gasteiger charge is -2.20. The fourth-order valence-corrected chi connectivity index (χ4v) is 2.74. The summed E-state index contributed by atoms with van der Waals surface area (Å²) in [6, 6.07) is 4.36. The zero-order valence-corrected chi connectivity index (χ0v) is 12.1. The van der Waals surface area contributed by atoms with Gasteiger partial charge >= 0.3 is 0 Å². The average Bonchev–Trinajstić information content (AvgIpc) is 2.75. The van der Waals surface area contributed by atoms with Gasteiger partial charge < -0.3 is 10.6 Å². The molecule has 3 nitrogen and oxygen atoms in total. The summed E-state index contributed by atoms with van der Waals surface area (Å²) in [6.07, 6.45) is 1.23. The van der Waals surface area contributed by atoms with Gasteiger partial charge in [0.2, 0.25) is 0 Å². The summed E-state index contributed by atoms with van der Waals surface area (Å²) in [5, 5.41) is 0. The van der Waals surface area contributed by atoms with Crippen molar-refractivity contribution >= 4 is 11.3 Å². The molecule has 1 aromatic rings. The molecule has 0 aromatic carbocycles. The lowest BCUT2D eigenvalue weighted by molar-refractivity contribution is 0.261. The smallest absolute Gasteiger partial charge is 0.0327 e. The molecule has 0 atom stereocenters. The van der Waals surface area contributed by atoms with Crippen molar-refractivity contribution < 1.29 is 0 Å². The van der Waals surface area contributed by atoms with Crippen LogP contribution in [0, 0.1) is 0 Å². The molecule has 0 amide bonds. The SMILES string of the molecule is CCN(CCCN(C)C)Cc1ccc(CN)s1. The third-order valence-corrected chi connectivity index (χ3v) is 3.92. The predicted molar refractivity (Wildman–Crippen MR) is 76.3 cm³/mol. The lowest BCUT2D eigenvalue weighted by Crippen LogP contribution is -2.26. The molecule has 2 N–H and O–H groups in total. The van der Waals surface area contributed by atoms with Crippen molar-refractivity contribution in [1.29, 1.82) is 0 Å². The Bertz CT molecular complexity index is 309. The summed E-state index contributed by atoms with van der Waals surface area (Å²) in [6.45, 7) is 7.40. The fraction of sp³-hybridized carbons (Fsp3) is 0.692. The first-order chi connectivity index (χ1) is 8.15. The topological polar surface area (TPSA) is 32.5 Å². The second-order valence-corrected chi connectivity index (χ2v) is 5.85. The first-order valence-electron chi connectivity index (χ1n) is 6.30. The van der Waals surface area contributed by atoms with Gasteiger partial charge in [-0.25, -0.2) is 0 Å². The molecule has 0 saturated heterocycles. The molecular weight excluding hydrogens is 230 g/mol. The first-order valence-corrected chi connectivity index (χ1v) is 7.12. The summed E-state index contributed by atoms with van der Waals surface area (Å²) < 4.78 is 0. The molecule has 4 heteroatoms. The number of nitrogens with two attached hydrogens (primary N) is 1. The van der Waals surface area contributed by atoms with Crippen LogP contribution in [-0.4, -0.2) is 43.5 Å². The van der Waals surface area contributed by atoms with E-state index in [1.54, 1.807) is 0 Å². The van der Waals surface area contributed by atoms with Crippen molar-refractivity contribution in [3.8, 4) is 0 Å². The van der Waals surface area contributed by atoms with Crippen LogP contribution in [-0.2, 0) is 13.1 Å². The molecule has 98 valence electrons. The van der Waals surface area contributed by atoms with E-state index in [1.807, 2.05) is 11.3 Å². The van der Waals surface area contributed by atoms with E-state index in [9.17, 15) is 0 Å². The summed E-state index contributed by atoms with van der Waals surface area (Å²) in [5.41, 5.74) is 5.63. The van der Waals surface area contributed by atoms with Crippen molar-refractivity contribution in [2.24, 2.45) is 5.73 Å².